The molecule has 1 spiro atoms. The predicted octanol–water partition coefficient (Wildman–Crippen LogP) is 2.84. The Morgan fingerprint density at radius 3 is 3.00 bits per heavy atom. The van der Waals surface area contributed by atoms with Crippen LogP contribution in [0.3, 0.4) is 0 Å². The maximum Gasteiger partial charge on any atom is 0.239 e. The average Bonchev–Trinajstić information content (AvgIpc) is 2.88. The molecule has 3 rings (SSSR count). The number of hydrogen-bond acceptors (Lipinski definition) is 5. The lowest BCUT2D eigenvalue weighted by Crippen LogP contribution is -2.67. The number of hydrogen-bond donors (Lipinski definition) is 1. The van der Waals surface area contributed by atoms with E-state index in [1.54, 1.807) is 6.07 Å². The van der Waals surface area contributed by atoms with Crippen molar-refractivity contribution in [1.29, 1.82) is 5.26 Å². The number of thiophene rings is 1. The second kappa shape index (κ2) is 6.60. The Morgan fingerprint density at radius 1 is 1.61 bits per heavy atom. The minimum absolute atomic E-state index is 0.0548. The lowest BCUT2D eigenvalue weighted by molar-refractivity contribution is -0.199. The first kappa shape index (κ1) is 16.4. The topological polar surface area (TPSA) is 65.4 Å². The van der Waals surface area contributed by atoms with Gasteiger partial charge in [0.25, 0.3) is 0 Å². The summed E-state index contributed by atoms with van der Waals surface area (Å²) in [6.45, 7) is 3.16. The molecule has 1 aromatic heterocycles. The van der Waals surface area contributed by atoms with Gasteiger partial charge in [0.1, 0.15) is 11.1 Å². The molecule has 1 heterocycles. The highest BCUT2D eigenvalue weighted by molar-refractivity contribution is 7.14. The first-order valence-corrected chi connectivity index (χ1v) is 9.08. The van der Waals surface area contributed by atoms with Crippen molar-refractivity contribution in [3.8, 4) is 6.07 Å². The van der Waals surface area contributed by atoms with Gasteiger partial charge in [0.2, 0.25) is 5.91 Å². The summed E-state index contributed by atoms with van der Waals surface area (Å²) in [6.07, 6.45) is 5.05. The Labute approximate surface area is 141 Å². The summed E-state index contributed by atoms with van der Waals surface area (Å²) < 4.78 is 5.87. The molecule has 0 saturated heterocycles. The minimum Gasteiger partial charge on any atom is -0.378 e. The lowest BCUT2D eigenvalue weighted by atomic mass is 9.50. The molecule has 124 valence electrons. The molecule has 1 amide bonds. The van der Waals surface area contributed by atoms with Gasteiger partial charge in [-0.15, -0.1) is 11.3 Å². The highest BCUT2D eigenvalue weighted by atomic mass is 32.1. The molecule has 6 heteroatoms. The summed E-state index contributed by atoms with van der Waals surface area (Å²) >= 11 is 1.39. The summed E-state index contributed by atoms with van der Waals surface area (Å²) in [7, 11) is 2.02. The van der Waals surface area contributed by atoms with E-state index in [0.29, 0.717) is 29.3 Å². The third kappa shape index (κ3) is 2.89. The van der Waals surface area contributed by atoms with Gasteiger partial charge in [-0.05, 0) is 44.7 Å². The van der Waals surface area contributed by atoms with E-state index in [-0.39, 0.29) is 11.3 Å². The van der Waals surface area contributed by atoms with Crippen LogP contribution in [-0.2, 0) is 9.53 Å². The number of anilines is 1. The van der Waals surface area contributed by atoms with Crippen LogP contribution in [0, 0.1) is 16.7 Å². The fourth-order valence-corrected chi connectivity index (χ4v) is 4.77. The van der Waals surface area contributed by atoms with Crippen molar-refractivity contribution in [2.75, 3.05) is 25.5 Å². The zero-order valence-electron chi connectivity index (χ0n) is 13.7. The van der Waals surface area contributed by atoms with Crippen molar-refractivity contribution in [3.05, 3.63) is 17.0 Å². The van der Waals surface area contributed by atoms with Crippen molar-refractivity contribution in [1.82, 2.24) is 4.90 Å². The zero-order valence-corrected chi connectivity index (χ0v) is 14.5. The highest BCUT2D eigenvalue weighted by Crippen LogP contribution is 2.58. The van der Waals surface area contributed by atoms with Crippen LogP contribution in [0.25, 0.3) is 0 Å². The first-order valence-electron chi connectivity index (χ1n) is 8.20. The molecular weight excluding hydrogens is 310 g/mol. The van der Waals surface area contributed by atoms with Gasteiger partial charge in [-0.25, -0.2) is 0 Å². The second-order valence-electron chi connectivity index (χ2n) is 6.52. The molecule has 1 aromatic rings. The van der Waals surface area contributed by atoms with Gasteiger partial charge < -0.3 is 10.1 Å². The number of nitriles is 1. The highest BCUT2D eigenvalue weighted by Gasteiger charge is 2.60. The van der Waals surface area contributed by atoms with Gasteiger partial charge in [-0.2, -0.15) is 5.26 Å². The molecule has 0 aliphatic heterocycles. The van der Waals surface area contributed by atoms with Crippen LogP contribution in [-0.4, -0.2) is 43.2 Å². The molecule has 0 radical (unpaired) electrons. The van der Waals surface area contributed by atoms with Crippen molar-refractivity contribution < 1.29 is 9.53 Å². The third-order valence-corrected chi connectivity index (χ3v) is 6.19. The van der Waals surface area contributed by atoms with Crippen LogP contribution in [0.5, 0.6) is 0 Å². The van der Waals surface area contributed by atoms with Gasteiger partial charge in [-0.1, -0.05) is 6.42 Å². The fourth-order valence-electron chi connectivity index (χ4n) is 4.02. The lowest BCUT2D eigenvalue weighted by Gasteiger charge is -2.63. The van der Waals surface area contributed by atoms with Gasteiger partial charge in [-0.3, -0.25) is 9.69 Å². The molecule has 2 fully saturated rings. The Hall–Kier alpha value is -1.42. The number of nitrogens with one attached hydrogen (secondary N) is 1. The molecule has 0 unspecified atom stereocenters. The summed E-state index contributed by atoms with van der Waals surface area (Å²) in [5.74, 6) is -0.0548. The molecular formula is C17H23N3O2S. The SMILES string of the molecule is CCO[C@H]1C[C@@H](N(C)CC(=O)Nc2sccc2C#N)C12CCC2. The van der Waals surface area contributed by atoms with Crippen LogP contribution in [0.1, 0.15) is 38.2 Å². The third-order valence-electron chi connectivity index (χ3n) is 5.36. The Bertz CT molecular complexity index is 618. The first-order chi connectivity index (χ1) is 11.1. The zero-order chi connectivity index (χ0) is 16.4. The average molecular weight is 333 g/mol. The molecule has 2 aliphatic carbocycles. The number of carbonyl (C=O) groups is 1. The predicted molar refractivity (Wildman–Crippen MR) is 90.4 cm³/mol. The van der Waals surface area contributed by atoms with Gasteiger partial charge >= 0.3 is 0 Å². The van der Waals surface area contributed by atoms with Gasteiger partial charge in [0, 0.05) is 18.1 Å². The van der Waals surface area contributed by atoms with E-state index in [2.05, 4.69) is 16.3 Å². The van der Waals surface area contributed by atoms with E-state index in [1.807, 2.05) is 19.4 Å². The molecule has 0 aromatic carbocycles. The van der Waals surface area contributed by atoms with Gasteiger partial charge in [0.05, 0.1) is 18.2 Å². The molecule has 2 aliphatic rings. The summed E-state index contributed by atoms with van der Waals surface area (Å²) in [4.78, 5) is 14.4. The van der Waals surface area contributed by atoms with E-state index < -0.39 is 0 Å². The molecule has 1 N–H and O–H groups in total. The number of likely N-dealkylation sites (N-methyl/N-ethyl adjacent to an activating group) is 1. The molecule has 2 saturated carbocycles. The number of amides is 1. The Balaban J connectivity index is 1.56. The van der Waals surface area contributed by atoms with E-state index >= 15 is 0 Å². The van der Waals surface area contributed by atoms with Gasteiger partial charge in [0.15, 0.2) is 0 Å². The summed E-state index contributed by atoms with van der Waals surface area (Å²) in [5, 5.41) is 14.3. The Morgan fingerprint density at radius 2 is 2.39 bits per heavy atom. The maximum absolute atomic E-state index is 12.3. The monoisotopic (exact) mass is 333 g/mol. The van der Waals surface area contributed by atoms with Crippen molar-refractivity contribution in [2.45, 2.75) is 44.8 Å². The van der Waals surface area contributed by atoms with Crippen LogP contribution >= 0.6 is 11.3 Å². The number of ether oxygens (including phenoxy) is 1. The number of nitrogens with zero attached hydrogens (tertiary/aromatic N) is 2. The molecule has 2 atom stereocenters. The van der Waals surface area contributed by atoms with Crippen LogP contribution in [0.15, 0.2) is 11.4 Å². The van der Waals surface area contributed by atoms with Crippen LogP contribution in [0.4, 0.5) is 5.00 Å². The number of carbonyl (C=O) groups excluding carboxylic acids is 1. The largest absolute Gasteiger partial charge is 0.378 e. The summed E-state index contributed by atoms with van der Waals surface area (Å²) in [5.41, 5.74) is 0.799. The standard InChI is InChI=1S/C17H23N3O2S/c1-3-22-14-9-13(17(14)6-4-7-17)20(2)11-15(21)19-16-12(10-18)5-8-23-16/h5,8,13-14H,3-4,6-7,9,11H2,1-2H3,(H,19,21)/t13-,14+/m1/s1. The minimum atomic E-state index is -0.0548. The Kier molecular flexibility index (Phi) is 4.72. The normalized spacial score (nSPS) is 24.8. The van der Waals surface area contributed by atoms with Crippen LogP contribution < -0.4 is 5.32 Å². The number of rotatable bonds is 6. The van der Waals surface area contributed by atoms with Crippen molar-refractivity contribution in [2.24, 2.45) is 5.41 Å². The van der Waals surface area contributed by atoms with E-state index in [0.717, 1.165) is 13.0 Å². The smallest absolute Gasteiger partial charge is 0.239 e. The maximum atomic E-state index is 12.3. The van der Waals surface area contributed by atoms with Crippen molar-refractivity contribution >= 4 is 22.2 Å². The summed E-state index contributed by atoms with van der Waals surface area (Å²) in [6, 6.07) is 4.25. The fraction of sp³-hybridized carbons (Fsp3) is 0.647. The molecule has 23 heavy (non-hydrogen) atoms. The van der Waals surface area contributed by atoms with E-state index in [1.165, 1.54) is 30.6 Å². The molecule has 0 bridgehead atoms. The molecule has 5 nitrogen and oxygen atoms in total. The van der Waals surface area contributed by atoms with Crippen LogP contribution in [0.2, 0.25) is 0 Å². The van der Waals surface area contributed by atoms with E-state index in [4.69, 9.17) is 10.00 Å². The quantitative estimate of drug-likeness (QED) is 0.869. The second-order valence-corrected chi connectivity index (χ2v) is 7.44. The van der Waals surface area contributed by atoms with E-state index in [9.17, 15) is 4.79 Å². The van der Waals surface area contributed by atoms with Crippen molar-refractivity contribution in [3.63, 3.8) is 0 Å².